The second-order valence-corrected chi connectivity index (χ2v) is 4.59. The zero-order chi connectivity index (χ0) is 17.0. The summed E-state index contributed by atoms with van der Waals surface area (Å²) in [5.74, 6) is -2.04. The molecule has 0 unspecified atom stereocenters. The second kappa shape index (κ2) is 6.52. The normalized spacial score (nSPS) is 10.6. The van der Waals surface area contributed by atoms with E-state index in [0.29, 0.717) is 5.56 Å². The van der Waals surface area contributed by atoms with Gasteiger partial charge in [0.05, 0.1) is 10.5 Å². The van der Waals surface area contributed by atoms with Crippen LogP contribution in [-0.2, 0) is 0 Å². The smallest absolute Gasteiger partial charge is 0.335 e. The van der Waals surface area contributed by atoms with Crippen molar-refractivity contribution in [2.75, 3.05) is 0 Å². The summed E-state index contributed by atoms with van der Waals surface area (Å²) in [6, 6.07) is 9.05. The summed E-state index contributed by atoms with van der Waals surface area (Å²) in [4.78, 5) is 33.2. The molecule has 0 spiro atoms. The Kier molecular flexibility index (Phi) is 4.51. The first-order valence-corrected chi connectivity index (χ1v) is 6.41. The zero-order valence-corrected chi connectivity index (χ0v) is 11.7. The number of phenols is 1. The molecule has 0 aliphatic heterocycles. The SMILES string of the molecule is O=C(O)c1cccc(/C=C/C(=O)c2cc(O)ccc2[N+](=O)[O-])c1. The molecule has 0 fully saturated rings. The highest BCUT2D eigenvalue weighted by Crippen LogP contribution is 2.24. The Balaban J connectivity index is 2.32. The maximum atomic E-state index is 12.1. The number of hydrogen-bond acceptors (Lipinski definition) is 5. The number of aromatic carboxylic acids is 1. The van der Waals surface area contributed by atoms with Gasteiger partial charge in [0.15, 0.2) is 5.78 Å². The first-order valence-electron chi connectivity index (χ1n) is 6.41. The summed E-state index contributed by atoms with van der Waals surface area (Å²) < 4.78 is 0. The summed E-state index contributed by atoms with van der Waals surface area (Å²) in [7, 11) is 0. The van der Waals surface area contributed by atoms with Crippen molar-refractivity contribution in [2.24, 2.45) is 0 Å². The standard InChI is InChI=1S/C16H11NO6/c18-12-5-6-14(17(22)23)13(9-12)15(19)7-4-10-2-1-3-11(8-10)16(20)21/h1-9,18H,(H,20,21)/b7-4+. The minimum absolute atomic E-state index is 0.0583. The summed E-state index contributed by atoms with van der Waals surface area (Å²) in [5, 5.41) is 29.2. The van der Waals surface area contributed by atoms with Crippen LogP contribution in [0.2, 0.25) is 0 Å². The maximum absolute atomic E-state index is 12.1. The van der Waals surface area contributed by atoms with Crippen molar-refractivity contribution >= 4 is 23.5 Å². The third-order valence-electron chi connectivity index (χ3n) is 3.00. The molecule has 2 N–H and O–H groups in total. The molecule has 0 saturated heterocycles. The van der Waals surface area contributed by atoms with Crippen LogP contribution in [0.4, 0.5) is 5.69 Å². The molecule has 0 bridgehead atoms. The van der Waals surface area contributed by atoms with E-state index in [9.17, 15) is 24.8 Å². The van der Waals surface area contributed by atoms with E-state index in [1.54, 1.807) is 6.07 Å². The van der Waals surface area contributed by atoms with Gasteiger partial charge in [-0.2, -0.15) is 0 Å². The second-order valence-electron chi connectivity index (χ2n) is 4.59. The molecule has 0 radical (unpaired) electrons. The van der Waals surface area contributed by atoms with Crippen LogP contribution in [0, 0.1) is 10.1 Å². The van der Waals surface area contributed by atoms with Crippen LogP contribution in [0.3, 0.4) is 0 Å². The Morgan fingerprint density at radius 3 is 2.52 bits per heavy atom. The number of carboxylic acid groups (broad SMARTS) is 1. The van der Waals surface area contributed by atoms with E-state index in [-0.39, 0.29) is 16.9 Å². The Labute approximate surface area is 130 Å². The van der Waals surface area contributed by atoms with Crippen LogP contribution in [0.5, 0.6) is 5.75 Å². The van der Waals surface area contributed by atoms with Crippen LogP contribution < -0.4 is 0 Å². The van der Waals surface area contributed by atoms with E-state index >= 15 is 0 Å². The Hall–Kier alpha value is -3.48. The van der Waals surface area contributed by atoms with Gasteiger partial charge in [0.1, 0.15) is 11.3 Å². The summed E-state index contributed by atoms with van der Waals surface area (Å²) in [5.41, 5.74) is -0.152. The molecule has 0 atom stereocenters. The molecule has 0 saturated carbocycles. The number of nitrogens with zero attached hydrogens (tertiary/aromatic N) is 1. The summed E-state index contributed by atoms with van der Waals surface area (Å²) in [6.07, 6.45) is 2.44. The average molecular weight is 313 g/mol. The van der Waals surface area contributed by atoms with E-state index in [1.807, 2.05) is 0 Å². The fraction of sp³-hybridized carbons (Fsp3) is 0. The van der Waals surface area contributed by atoms with Gasteiger partial charge in [-0.05, 0) is 35.9 Å². The number of benzene rings is 2. The molecule has 0 amide bonds. The van der Waals surface area contributed by atoms with Gasteiger partial charge in [-0.25, -0.2) is 4.79 Å². The Bertz CT molecular complexity index is 825. The van der Waals surface area contributed by atoms with Crippen LogP contribution in [-0.4, -0.2) is 26.9 Å². The molecule has 0 aromatic heterocycles. The maximum Gasteiger partial charge on any atom is 0.335 e. The first kappa shape index (κ1) is 15.9. The number of nitro groups is 1. The van der Waals surface area contributed by atoms with Crippen molar-refractivity contribution in [3.05, 3.63) is 75.3 Å². The number of carboxylic acids is 1. The molecule has 2 rings (SSSR count). The molecule has 0 aliphatic rings. The molecule has 0 aliphatic carbocycles. The van der Waals surface area contributed by atoms with Crippen LogP contribution in [0.25, 0.3) is 6.08 Å². The Morgan fingerprint density at radius 2 is 1.87 bits per heavy atom. The van der Waals surface area contributed by atoms with Gasteiger partial charge >= 0.3 is 5.97 Å². The van der Waals surface area contributed by atoms with Crippen LogP contribution in [0.1, 0.15) is 26.3 Å². The third-order valence-corrected chi connectivity index (χ3v) is 3.00. The van der Waals surface area contributed by atoms with E-state index < -0.39 is 22.4 Å². The number of aromatic hydroxyl groups is 1. The lowest BCUT2D eigenvalue weighted by Gasteiger charge is -2.00. The highest BCUT2D eigenvalue weighted by atomic mass is 16.6. The van der Waals surface area contributed by atoms with E-state index in [4.69, 9.17) is 5.11 Å². The molecule has 7 heteroatoms. The van der Waals surface area contributed by atoms with Gasteiger partial charge in [0, 0.05) is 6.07 Å². The van der Waals surface area contributed by atoms with Gasteiger partial charge in [-0.15, -0.1) is 0 Å². The first-order chi connectivity index (χ1) is 10.9. The lowest BCUT2D eigenvalue weighted by Crippen LogP contribution is -2.01. The molecule has 23 heavy (non-hydrogen) atoms. The number of carbonyl (C=O) groups is 2. The predicted molar refractivity (Wildman–Crippen MR) is 81.5 cm³/mol. The van der Waals surface area contributed by atoms with E-state index in [1.165, 1.54) is 24.3 Å². The lowest BCUT2D eigenvalue weighted by molar-refractivity contribution is -0.385. The van der Waals surface area contributed by atoms with Gasteiger partial charge in [0.2, 0.25) is 0 Å². The molecule has 2 aromatic carbocycles. The molecular formula is C16H11NO6. The number of phenolic OH excluding ortho intramolecular Hbond substituents is 1. The molecular weight excluding hydrogens is 302 g/mol. The van der Waals surface area contributed by atoms with E-state index in [0.717, 1.165) is 24.3 Å². The van der Waals surface area contributed by atoms with E-state index in [2.05, 4.69) is 0 Å². The fourth-order valence-corrected chi connectivity index (χ4v) is 1.92. The summed E-state index contributed by atoms with van der Waals surface area (Å²) in [6.45, 7) is 0. The van der Waals surface area contributed by atoms with Crippen molar-refractivity contribution in [1.29, 1.82) is 0 Å². The molecule has 7 nitrogen and oxygen atoms in total. The van der Waals surface area contributed by atoms with Crippen molar-refractivity contribution in [1.82, 2.24) is 0 Å². The molecule has 116 valence electrons. The van der Waals surface area contributed by atoms with Crippen LogP contribution in [0.15, 0.2) is 48.5 Å². The third kappa shape index (κ3) is 3.79. The molecule has 2 aromatic rings. The minimum Gasteiger partial charge on any atom is -0.508 e. The Morgan fingerprint density at radius 1 is 1.13 bits per heavy atom. The zero-order valence-electron chi connectivity index (χ0n) is 11.7. The van der Waals surface area contributed by atoms with Crippen molar-refractivity contribution in [2.45, 2.75) is 0 Å². The van der Waals surface area contributed by atoms with Gasteiger partial charge < -0.3 is 10.2 Å². The fourth-order valence-electron chi connectivity index (χ4n) is 1.92. The number of hydrogen-bond donors (Lipinski definition) is 2. The number of nitro benzene ring substituents is 1. The number of allylic oxidation sites excluding steroid dienone is 1. The topological polar surface area (TPSA) is 118 Å². The van der Waals surface area contributed by atoms with Crippen LogP contribution >= 0.6 is 0 Å². The monoisotopic (exact) mass is 313 g/mol. The number of carbonyl (C=O) groups excluding carboxylic acids is 1. The lowest BCUT2D eigenvalue weighted by atomic mass is 10.1. The summed E-state index contributed by atoms with van der Waals surface area (Å²) >= 11 is 0. The van der Waals surface area contributed by atoms with Crippen molar-refractivity contribution in [3.63, 3.8) is 0 Å². The highest BCUT2D eigenvalue weighted by Gasteiger charge is 2.18. The largest absolute Gasteiger partial charge is 0.508 e. The quantitative estimate of drug-likeness (QED) is 0.379. The number of ketones is 1. The predicted octanol–water partition coefficient (Wildman–Crippen LogP) is 2.89. The van der Waals surface area contributed by atoms with Gasteiger partial charge in [-0.3, -0.25) is 14.9 Å². The highest BCUT2D eigenvalue weighted by molar-refractivity contribution is 6.09. The molecule has 0 heterocycles. The van der Waals surface area contributed by atoms with Crippen molar-refractivity contribution < 1.29 is 24.7 Å². The van der Waals surface area contributed by atoms with Gasteiger partial charge in [-0.1, -0.05) is 18.2 Å². The van der Waals surface area contributed by atoms with Gasteiger partial charge in [0.25, 0.3) is 5.69 Å². The minimum atomic E-state index is -1.10. The average Bonchev–Trinajstić information content (AvgIpc) is 2.52. The van der Waals surface area contributed by atoms with Crippen molar-refractivity contribution in [3.8, 4) is 5.75 Å². The number of rotatable bonds is 5.